The summed E-state index contributed by atoms with van der Waals surface area (Å²) in [6, 6.07) is 12.8. The lowest BCUT2D eigenvalue weighted by Gasteiger charge is -2.11. The third-order valence-corrected chi connectivity index (χ3v) is 5.10. The van der Waals surface area contributed by atoms with Crippen molar-refractivity contribution in [3.8, 4) is 11.5 Å². The summed E-state index contributed by atoms with van der Waals surface area (Å²) in [5, 5.41) is 4.00. The second kappa shape index (κ2) is 12.4. The molecule has 0 atom stereocenters. The number of aromatic amines is 1. The van der Waals surface area contributed by atoms with Crippen LogP contribution in [0.5, 0.6) is 11.5 Å². The average molecular weight is 451 g/mol. The van der Waals surface area contributed by atoms with Crippen molar-refractivity contribution >= 4 is 23.2 Å². The molecule has 3 aromatic rings. The molecule has 174 valence electrons. The van der Waals surface area contributed by atoms with E-state index in [1.165, 1.54) is 19.1 Å². The Hall–Kier alpha value is -3.68. The van der Waals surface area contributed by atoms with Gasteiger partial charge >= 0.3 is 0 Å². The van der Waals surface area contributed by atoms with Crippen molar-refractivity contribution in [3.05, 3.63) is 64.1 Å². The number of benzene rings is 2. The van der Waals surface area contributed by atoms with Gasteiger partial charge in [0.05, 0.1) is 31.0 Å². The Kier molecular flexibility index (Phi) is 8.99. The molecule has 0 spiro atoms. The fraction of sp³-hybridized carbons (Fsp3) is 0.360. The number of aromatic nitrogens is 2. The highest BCUT2D eigenvalue weighted by atomic mass is 16.5. The molecule has 0 saturated carbocycles. The number of carbonyl (C=O) groups excluding carboxylic acids is 1. The van der Waals surface area contributed by atoms with E-state index < -0.39 is 0 Å². The average Bonchev–Trinajstić information content (AvgIpc) is 2.83. The Bertz CT molecular complexity index is 1160. The zero-order valence-corrected chi connectivity index (χ0v) is 19.1. The summed E-state index contributed by atoms with van der Waals surface area (Å²) in [4.78, 5) is 31.4. The number of nitrogens with one attached hydrogen (secondary N) is 2. The van der Waals surface area contributed by atoms with Crippen LogP contribution in [0.25, 0.3) is 11.0 Å². The Morgan fingerprint density at radius 3 is 2.82 bits per heavy atom. The zero-order valence-electron chi connectivity index (χ0n) is 19.1. The molecule has 0 aliphatic heterocycles. The first-order valence-corrected chi connectivity index (χ1v) is 11.2. The number of nitrogens with zero attached hydrogens (tertiary/aromatic N) is 2. The van der Waals surface area contributed by atoms with Gasteiger partial charge in [-0.2, -0.15) is 5.10 Å². The van der Waals surface area contributed by atoms with E-state index in [0.717, 1.165) is 18.4 Å². The largest absolute Gasteiger partial charge is 0.493 e. The van der Waals surface area contributed by atoms with Crippen molar-refractivity contribution in [1.29, 1.82) is 0 Å². The van der Waals surface area contributed by atoms with Gasteiger partial charge in [0.25, 0.3) is 5.56 Å². The highest BCUT2D eigenvalue weighted by Crippen LogP contribution is 2.27. The number of rotatable bonds is 12. The third kappa shape index (κ3) is 7.17. The van der Waals surface area contributed by atoms with Gasteiger partial charge in [0.1, 0.15) is 5.69 Å². The first kappa shape index (κ1) is 24.0. The minimum atomic E-state index is -0.306. The van der Waals surface area contributed by atoms with E-state index in [9.17, 15) is 9.59 Å². The van der Waals surface area contributed by atoms with Gasteiger partial charge in [-0.1, -0.05) is 38.3 Å². The number of hydrazone groups is 1. The van der Waals surface area contributed by atoms with E-state index in [2.05, 4.69) is 27.4 Å². The van der Waals surface area contributed by atoms with Crippen LogP contribution in [0.4, 0.5) is 0 Å². The van der Waals surface area contributed by atoms with E-state index >= 15 is 0 Å². The van der Waals surface area contributed by atoms with Crippen LogP contribution in [-0.2, 0) is 11.2 Å². The van der Waals surface area contributed by atoms with E-state index in [1.807, 2.05) is 30.3 Å². The maximum absolute atomic E-state index is 12.1. The van der Waals surface area contributed by atoms with Crippen LogP contribution >= 0.6 is 0 Å². The minimum absolute atomic E-state index is 0.0971. The number of aryl methyl sites for hydroxylation is 1. The summed E-state index contributed by atoms with van der Waals surface area (Å²) in [5.74, 6) is 0.991. The van der Waals surface area contributed by atoms with Crippen molar-refractivity contribution in [2.24, 2.45) is 5.10 Å². The molecule has 0 saturated heterocycles. The molecule has 8 nitrogen and oxygen atoms in total. The fourth-order valence-electron chi connectivity index (χ4n) is 3.30. The van der Waals surface area contributed by atoms with Crippen molar-refractivity contribution in [3.63, 3.8) is 0 Å². The topological polar surface area (TPSA) is 106 Å². The fourth-order valence-corrected chi connectivity index (χ4v) is 3.30. The molecule has 1 amide bonds. The Labute approximate surface area is 193 Å². The third-order valence-electron chi connectivity index (χ3n) is 5.10. The molecule has 8 heteroatoms. The normalized spacial score (nSPS) is 11.1. The van der Waals surface area contributed by atoms with Crippen LogP contribution in [0.1, 0.15) is 50.3 Å². The van der Waals surface area contributed by atoms with Gasteiger partial charge in [-0.15, -0.1) is 0 Å². The van der Waals surface area contributed by atoms with E-state index in [4.69, 9.17) is 9.47 Å². The van der Waals surface area contributed by atoms with Crippen molar-refractivity contribution < 1.29 is 14.3 Å². The second-order valence-electron chi connectivity index (χ2n) is 7.64. The van der Waals surface area contributed by atoms with Crippen molar-refractivity contribution in [2.45, 2.75) is 45.4 Å². The first-order chi connectivity index (χ1) is 16.1. The van der Waals surface area contributed by atoms with Gasteiger partial charge in [0.15, 0.2) is 11.5 Å². The monoisotopic (exact) mass is 450 g/mol. The second-order valence-corrected chi connectivity index (χ2v) is 7.64. The molecule has 1 aromatic heterocycles. The van der Waals surface area contributed by atoms with Gasteiger partial charge < -0.3 is 14.5 Å². The van der Waals surface area contributed by atoms with Gasteiger partial charge in [0.2, 0.25) is 5.91 Å². The van der Waals surface area contributed by atoms with Crippen LogP contribution < -0.4 is 20.5 Å². The standard InChI is InChI=1S/C25H30N4O4/c1-3-4-5-8-15-33-22-13-11-18(16-23(22)32-2)17-26-29-24(30)14-12-21-25(31)28-20-10-7-6-9-19(20)27-21/h6-7,9-11,13,16-17H,3-5,8,12,14-15H2,1-2H3,(H,28,31)(H,29,30)/b26-17-. The van der Waals surface area contributed by atoms with Gasteiger partial charge in [0, 0.05) is 12.8 Å². The lowest BCUT2D eigenvalue weighted by atomic mass is 10.2. The highest BCUT2D eigenvalue weighted by molar-refractivity contribution is 5.83. The predicted molar refractivity (Wildman–Crippen MR) is 129 cm³/mol. The first-order valence-electron chi connectivity index (χ1n) is 11.2. The number of amides is 1. The molecular formula is C25H30N4O4. The SMILES string of the molecule is CCCCCCOc1ccc(/C=N\NC(=O)CCc2nc3ccccc3[nH]c2=O)cc1OC. The molecule has 0 fully saturated rings. The van der Waals surface area contributed by atoms with Gasteiger partial charge in [-0.25, -0.2) is 10.4 Å². The summed E-state index contributed by atoms with van der Waals surface area (Å²) in [6.45, 7) is 2.82. The molecule has 0 bridgehead atoms. The quantitative estimate of drug-likeness (QED) is 0.247. The number of H-pyrrole nitrogens is 1. The number of hydrogen-bond donors (Lipinski definition) is 2. The van der Waals surface area contributed by atoms with Gasteiger partial charge in [-0.3, -0.25) is 9.59 Å². The molecule has 3 rings (SSSR count). The molecule has 0 radical (unpaired) electrons. The minimum Gasteiger partial charge on any atom is -0.493 e. The number of methoxy groups -OCH3 is 1. The van der Waals surface area contributed by atoms with E-state index in [1.54, 1.807) is 19.2 Å². The predicted octanol–water partition coefficient (Wildman–Crippen LogP) is 3.97. The molecule has 33 heavy (non-hydrogen) atoms. The van der Waals surface area contributed by atoms with E-state index in [-0.39, 0.29) is 24.3 Å². The number of unbranched alkanes of at least 4 members (excludes halogenated alkanes) is 3. The molecule has 0 aliphatic carbocycles. The Balaban J connectivity index is 1.50. The number of carbonyl (C=O) groups is 1. The smallest absolute Gasteiger partial charge is 0.270 e. The van der Waals surface area contributed by atoms with Crippen molar-refractivity contribution in [2.75, 3.05) is 13.7 Å². The summed E-state index contributed by atoms with van der Waals surface area (Å²) in [6.07, 6.45) is 6.40. The number of hydrogen-bond acceptors (Lipinski definition) is 6. The molecule has 2 aromatic carbocycles. The molecule has 0 aliphatic rings. The van der Waals surface area contributed by atoms with Crippen LogP contribution in [0.15, 0.2) is 52.4 Å². The van der Waals surface area contributed by atoms with E-state index in [0.29, 0.717) is 34.8 Å². The Morgan fingerprint density at radius 1 is 1.15 bits per heavy atom. The lowest BCUT2D eigenvalue weighted by Crippen LogP contribution is -2.21. The molecule has 0 unspecified atom stereocenters. The molecular weight excluding hydrogens is 420 g/mol. The van der Waals surface area contributed by atoms with Crippen LogP contribution in [0.2, 0.25) is 0 Å². The van der Waals surface area contributed by atoms with Crippen molar-refractivity contribution in [1.82, 2.24) is 15.4 Å². The zero-order chi connectivity index (χ0) is 23.5. The van der Waals surface area contributed by atoms with Crippen LogP contribution in [0, 0.1) is 0 Å². The number of para-hydroxylation sites is 2. The number of fused-ring (bicyclic) bond motifs is 1. The maximum atomic E-state index is 12.1. The Morgan fingerprint density at radius 2 is 2.00 bits per heavy atom. The summed E-state index contributed by atoms with van der Waals surface area (Å²) < 4.78 is 11.2. The van der Waals surface area contributed by atoms with Gasteiger partial charge in [-0.05, 0) is 42.3 Å². The molecule has 1 heterocycles. The number of ether oxygens (including phenoxy) is 2. The summed E-state index contributed by atoms with van der Waals surface area (Å²) in [7, 11) is 1.59. The lowest BCUT2D eigenvalue weighted by molar-refractivity contribution is -0.121. The summed E-state index contributed by atoms with van der Waals surface area (Å²) >= 11 is 0. The molecule has 2 N–H and O–H groups in total. The summed E-state index contributed by atoms with van der Waals surface area (Å²) in [5.41, 5.74) is 4.64. The maximum Gasteiger partial charge on any atom is 0.270 e. The van der Waals surface area contributed by atoms with Crippen LogP contribution in [0.3, 0.4) is 0 Å². The van der Waals surface area contributed by atoms with Crippen LogP contribution in [-0.4, -0.2) is 35.8 Å². The highest BCUT2D eigenvalue weighted by Gasteiger charge is 2.08.